The summed E-state index contributed by atoms with van der Waals surface area (Å²) < 4.78 is 19.0. The van der Waals surface area contributed by atoms with E-state index in [1.807, 2.05) is 19.1 Å². The monoisotopic (exact) mass is 276 g/mol. The minimum Gasteiger partial charge on any atom is -0.469 e. The molecule has 1 atom stereocenters. The van der Waals surface area contributed by atoms with Gasteiger partial charge in [0.15, 0.2) is 0 Å². The number of anilines is 1. The van der Waals surface area contributed by atoms with Crippen LogP contribution in [0.5, 0.6) is 0 Å². The molecule has 2 rings (SSSR count). The zero-order chi connectivity index (χ0) is 14.7. The van der Waals surface area contributed by atoms with Crippen molar-refractivity contribution in [2.75, 3.05) is 5.32 Å². The van der Waals surface area contributed by atoms with Gasteiger partial charge in [-0.05, 0) is 38.1 Å². The summed E-state index contributed by atoms with van der Waals surface area (Å²) in [5, 5.41) is 3.18. The molecule has 1 aromatic heterocycles. The van der Waals surface area contributed by atoms with Crippen LogP contribution in [-0.2, 0) is 6.42 Å². The SMILES string of the molecule is Cc1c(F)cc(C(N)=O)cc1NC(C)Cc1ccco1. The van der Waals surface area contributed by atoms with Crippen molar-refractivity contribution in [1.82, 2.24) is 0 Å². The Morgan fingerprint density at radius 2 is 2.25 bits per heavy atom. The molecule has 0 saturated heterocycles. The van der Waals surface area contributed by atoms with E-state index < -0.39 is 11.7 Å². The van der Waals surface area contributed by atoms with Crippen LogP contribution in [0.4, 0.5) is 10.1 Å². The number of furan rings is 1. The Morgan fingerprint density at radius 3 is 2.85 bits per heavy atom. The van der Waals surface area contributed by atoms with Crippen molar-refractivity contribution in [3.63, 3.8) is 0 Å². The molecule has 20 heavy (non-hydrogen) atoms. The average molecular weight is 276 g/mol. The molecule has 1 amide bonds. The van der Waals surface area contributed by atoms with Gasteiger partial charge in [-0.2, -0.15) is 0 Å². The van der Waals surface area contributed by atoms with Gasteiger partial charge in [0.25, 0.3) is 0 Å². The van der Waals surface area contributed by atoms with Crippen LogP contribution in [-0.4, -0.2) is 11.9 Å². The lowest BCUT2D eigenvalue weighted by atomic mass is 10.1. The average Bonchev–Trinajstić information content (AvgIpc) is 2.87. The Morgan fingerprint density at radius 1 is 1.50 bits per heavy atom. The summed E-state index contributed by atoms with van der Waals surface area (Å²) in [5.41, 5.74) is 6.37. The Balaban J connectivity index is 2.17. The predicted octanol–water partition coefficient (Wildman–Crippen LogP) is 2.87. The Labute approximate surface area is 116 Å². The molecular weight excluding hydrogens is 259 g/mol. The molecule has 3 N–H and O–H groups in total. The first-order chi connectivity index (χ1) is 9.47. The van der Waals surface area contributed by atoms with Gasteiger partial charge in [0, 0.05) is 29.3 Å². The van der Waals surface area contributed by atoms with E-state index >= 15 is 0 Å². The van der Waals surface area contributed by atoms with Gasteiger partial charge in [0.05, 0.1) is 6.26 Å². The summed E-state index contributed by atoms with van der Waals surface area (Å²) >= 11 is 0. The molecule has 0 fully saturated rings. The molecule has 0 aliphatic heterocycles. The highest BCUT2D eigenvalue weighted by Crippen LogP contribution is 2.22. The molecule has 106 valence electrons. The van der Waals surface area contributed by atoms with Gasteiger partial charge in [0.2, 0.25) is 5.91 Å². The van der Waals surface area contributed by atoms with Gasteiger partial charge in [-0.15, -0.1) is 0 Å². The smallest absolute Gasteiger partial charge is 0.248 e. The molecule has 4 nitrogen and oxygen atoms in total. The van der Waals surface area contributed by atoms with Gasteiger partial charge >= 0.3 is 0 Å². The molecule has 5 heteroatoms. The van der Waals surface area contributed by atoms with Crippen LogP contribution in [0.25, 0.3) is 0 Å². The summed E-state index contributed by atoms with van der Waals surface area (Å²) in [4.78, 5) is 11.2. The number of primary amides is 1. The summed E-state index contributed by atoms with van der Waals surface area (Å²) in [6.45, 7) is 3.61. The minimum atomic E-state index is -0.648. The Kier molecular flexibility index (Phi) is 4.08. The molecule has 0 aliphatic carbocycles. The zero-order valence-electron chi connectivity index (χ0n) is 11.4. The quantitative estimate of drug-likeness (QED) is 0.882. The van der Waals surface area contributed by atoms with E-state index in [-0.39, 0.29) is 11.6 Å². The van der Waals surface area contributed by atoms with Crippen molar-refractivity contribution in [2.45, 2.75) is 26.3 Å². The van der Waals surface area contributed by atoms with E-state index in [2.05, 4.69) is 5.32 Å². The van der Waals surface area contributed by atoms with E-state index in [1.165, 1.54) is 0 Å². The summed E-state index contributed by atoms with van der Waals surface area (Å²) in [6.07, 6.45) is 2.27. The van der Waals surface area contributed by atoms with Crippen molar-refractivity contribution in [3.05, 3.63) is 53.2 Å². The third-order valence-electron chi connectivity index (χ3n) is 3.12. The van der Waals surface area contributed by atoms with Crippen molar-refractivity contribution < 1.29 is 13.6 Å². The topological polar surface area (TPSA) is 68.3 Å². The molecule has 0 saturated carbocycles. The number of halogens is 1. The molecule has 0 spiro atoms. The van der Waals surface area contributed by atoms with Gasteiger partial charge in [-0.3, -0.25) is 4.79 Å². The summed E-state index contributed by atoms with van der Waals surface area (Å²) in [6, 6.07) is 6.45. The van der Waals surface area contributed by atoms with Crippen molar-refractivity contribution in [2.24, 2.45) is 5.73 Å². The largest absolute Gasteiger partial charge is 0.469 e. The number of nitrogens with two attached hydrogens (primary N) is 1. The van der Waals surface area contributed by atoms with Crippen LogP contribution in [0.2, 0.25) is 0 Å². The number of hydrogen-bond donors (Lipinski definition) is 2. The highest BCUT2D eigenvalue weighted by molar-refractivity contribution is 5.94. The van der Waals surface area contributed by atoms with Gasteiger partial charge in [-0.1, -0.05) is 0 Å². The predicted molar refractivity (Wildman–Crippen MR) is 75.2 cm³/mol. The molecule has 0 radical (unpaired) electrons. The van der Waals surface area contributed by atoms with E-state index in [4.69, 9.17) is 10.2 Å². The lowest BCUT2D eigenvalue weighted by Crippen LogP contribution is -2.20. The van der Waals surface area contributed by atoms with Gasteiger partial charge in [-0.25, -0.2) is 4.39 Å². The van der Waals surface area contributed by atoms with Crippen LogP contribution in [0, 0.1) is 12.7 Å². The number of amides is 1. The number of nitrogens with one attached hydrogen (secondary N) is 1. The molecule has 1 heterocycles. The number of carbonyl (C=O) groups is 1. The number of hydrogen-bond acceptors (Lipinski definition) is 3. The van der Waals surface area contributed by atoms with Crippen LogP contribution < -0.4 is 11.1 Å². The first kappa shape index (κ1) is 14.1. The highest BCUT2D eigenvalue weighted by atomic mass is 19.1. The van der Waals surface area contributed by atoms with Crippen LogP contribution >= 0.6 is 0 Å². The minimum absolute atomic E-state index is 0.0300. The van der Waals surface area contributed by atoms with Crippen LogP contribution in [0.3, 0.4) is 0 Å². The fraction of sp³-hybridized carbons (Fsp3) is 0.267. The number of benzene rings is 1. The summed E-state index contributed by atoms with van der Waals surface area (Å²) in [5.74, 6) is -0.256. The lowest BCUT2D eigenvalue weighted by molar-refractivity contribution is 0.1000. The molecule has 1 unspecified atom stereocenters. The number of carbonyl (C=O) groups excluding carboxylic acids is 1. The molecule has 0 bridgehead atoms. The molecular formula is C15H17FN2O2. The van der Waals surface area contributed by atoms with E-state index in [9.17, 15) is 9.18 Å². The third kappa shape index (κ3) is 3.17. The molecule has 1 aromatic carbocycles. The molecule has 0 aliphatic rings. The second-order valence-corrected chi connectivity index (χ2v) is 4.82. The first-order valence-corrected chi connectivity index (χ1v) is 6.36. The fourth-order valence-corrected chi connectivity index (χ4v) is 2.02. The summed E-state index contributed by atoms with van der Waals surface area (Å²) in [7, 11) is 0. The third-order valence-corrected chi connectivity index (χ3v) is 3.12. The fourth-order valence-electron chi connectivity index (χ4n) is 2.02. The molecule has 2 aromatic rings. The normalized spacial score (nSPS) is 12.2. The Bertz CT molecular complexity index is 609. The number of rotatable bonds is 5. The second-order valence-electron chi connectivity index (χ2n) is 4.82. The maximum atomic E-state index is 13.8. The lowest BCUT2D eigenvalue weighted by Gasteiger charge is -2.17. The first-order valence-electron chi connectivity index (χ1n) is 6.36. The van der Waals surface area contributed by atoms with Crippen LogP contribution in [0.1, 0.15) is 28.6 Å². The Hall–Kier alpha value is -2.30. The van der Waals surface area contributed by atoms with E-state index in [1.54, 1.807) is 19.3 Å². The highest BCUT2D eigenvalue weighted by Gasteiger charge is 2.13. The van der Waals surface area contributed by atoms with Crippen molar-refractivity contribution >= 4 is 11.6 Å². The van der Waals surface area contributed by atoms with Gasteiger partial charge in [0.1, 0.15) is 11.6 Å². The van der Waals surface area contributed by atoms with E-state index in [0.717, 1.165) is 11.8 Å². The van der Waals surface area contributed by atoms with Gasteiger partial charge < -0.3 is 15.5 Å². The maximum absolute atomic E-state index is 13.8. The van der Waals surface area contributed by atoms with Crippen molar-refractivity contribution in [1.29, 1.82) is 0 Å². The van der Waals surface area contributed by atoms with E-state index in [0.29, 0.717) is 17.7 Å². The second kappa shape index (κ2) is 5.77. The zero-order valence-corrected chi connectivity index (χ0v) is 11.4. The maximum Gasteiger partial charge on any atom is 0.248 e. The van der Waals surface area contributed by atoms with Crippen LogP contribution in [0.15, 0.2) is 34.9 Å². The van der Waals surface area contributed by atoms with Crippen molar-refractivity contribution in [3.8, 4) is 0 Å². The standard InChI is InChI=1S/C15H17FN2O2/c1-9(6-12-4-3-5-20-12)18-14-8-11(15(17)19)7-13(16)10(14)2/h3-5,7-9,18H,6H2,1-2H3,(H2,17,19).